The second-order valence-corrected chi connectivity index (χ2v) is 17.9. The fourth-order valence-electron chi connectivity index (χ4n) is 4.09. The first-order chi connectivity index (χ1) is 18.6. The van der Waals surface area contributed by atoms with Gasteiger partial charge < -0.3 is 24.2 Å². The van der Waals surface area contributed by atoms with Crippen LogP contribution < -0.4 is 21.0 Å². The number of rotatable bonds is 10. The van der Waals surface area contributed by atoms with E-state index in [2.05, 4.69) is 10.1 Å². The molecular formula is C25H37F2N4O7PSi. The summed E-state index contributed by atoms with van der Waals surface area (Å²) in [5.74, 6) is -3.53. The minimum absolute atomic E-state index is 0.113. The van der Waals surface area contributed by atoms with Crippen molar-refractivity contribution in [3.63, 3.8) is 0 Å². The van der Waals surface area contributed by atoms with E-state index in [1.165, 1.54) is 6.07 Å². The summed E-state index contributed by atoms with van der Waals surface area (Å²) in [6.45, 7) is 9.59. The van der Waals surface area contributed by atoms with Crippen molar-refractivity contribution in [1.29, 1.82) is 0 Å². The summed E-state index contributed by atoms with van der Waals surface area (Å²) in [5, 5.41) is 2.45. The predicted molar refractivity (Wildman–Crippen MR) is 147 cm³/mol. The molecule has 40 heavy (non-hydrogen) atoms. The molecule has 2 aliphatic rings. The van der Waals surface area contributed by atoms with Crippen LogP contribution in [0.1, 0.15) is 33.4 Å². The summed E-state index contributed by atoms with van der Waals surface area (Å²) in [5.41, 5.74) is 4.55. The van der Waals surface area contributed by atoms with Gasteiger partial charge in [0.25, 0.3) is 0 Å². The molecule has 1 aromatic heterocycles. The van der Waals surface area contributed by atoms with E-state index in [4.69, 9.17) is 28.7 Å². The average molecular weight is 603 g/mol. The van der Waals surface area contributed by atoms with E-state index in [1.54, 1.807) is 30.3 Å². The van der Waals surface area contributed by atoms with Gasteiger partial charge in [-0.2, -0.15) is 13.8 Å². The van der Waals surface area contributed by atoms with Crippen LogP contribution in [0.25, 0.3) is 0 Å². The van der Waals surface area contributed by atoms with Crippen molar-refractivity contribution in [1.82, 2.24) is 14.6 Å². The molecule has 222 valence electrons. The second-order valence-electron chi connectivity index (χ2n) is 11.4. The van der Waals surface area contributed by atoms with Crippen LogP contribution in [0.4, 0.5) is 14.6 Å². The lowest BCUT2D eigenvalue weighted by Gasteiger charge is -2.40. The van der Waals surface area contributed by atoms with Crippen molar-refractivity contribution in [2.75, 3.05) is 25.6 Å². The van der Waals surface area contributed by atoms with Gasteiger partial charge in [0.15, 0.2) is 8.32 Å². The maximum Gasteiger partial charge on any atom is 0.459 e. The number of nitrogens with two attached hydrogens (primary N) is 1. The van der Waals surface area contributed by atoms with E-state index in [0.717, 1.165) is 6.20 Å². The molecule has 0 spiro atoms. The van der Waals surface area contributed by atoms with Crippen molar-refractivity contribution in [3.8, 4) is 5.75 Å². The average Bonchev–Trinajstić information content (AvgIpc) is 3.44. The summed E-state index contributed by atoms with van der Waals surface area (Å²) >= 11 is 0. The van der Waals surface area contributed by atoms with Crippen LogP contribution in [-0.2, 0) is 23.0 Å². The molecule has 2 aliphatic heterocycles. The van der Waals surface area contributed by atoms with E-state index >= 15 is 8.78 Å². The summed E-state index contributed by atoms with van der Waals surface area (Å²) in [7, 11) is -6.89. The first-order valence-electron chi connectivity index (χ1n) is 13.0. The molecule has 2 fully saturated rings. The summed E-state index contributed by atoms with van der Waals surface area (Å²) < 4.78 is 75.5. The van der Waals surface area contributed by atoms with Gasteiger partial charge in [0.1, 0.15) is 23.8 Å². The maximum atomic E-state index is 16.1. The minimum Gasteiger partial charge on any atom is -0.413 e. The van der Waals surface area contributed by atoms with Gasteiger partial charge in [0.2, 0.25) is 6.23 Å². The number of nitrogen functional groups attached to an aromatic ring is 1. The SMILES string of the molecule is CC(C)(C)[Si](C)(C)O[C@@H]1[C@@H](COP(=O)(N[C@H]2CCOC2)Oc2ccccc2)O[C@@H](n2ccc(N)nc2=O)C1(F)F. The van der Waals surface area contributed by atoms with Gasteiger partial charge in [0, 0.05) is 18.8 Å². The van der Waals surface area contributed by atoms with Crippen LogP contribution in [0.15, 0.2) is 47.4 Å². The predicted octanol–water partition coefficient (Wildman–Crippen LogP) is 4.33. The van der Waals surface area contributed by atoms with Crippen molar-refractivity contribution < 1.29 is 36.3 Å². The van der Waals surface area contributed by atoms with Gasteiger partial charge in [-0.15, -0.1) is 0 Å². The van der Waals surface area contributed by atoms with Crippen LogP contribution in [0.2, 0.25) is 18.1 Å². The summed E-state index contributed by atoms with van der Waals surface area (Å²) in [4.78, 5) is 16.1. The third kappa shape index (κ3) is 6.81. The highest BCUT2D eigenvalue weighted by molar-refractivity contribution is 7.52. The van der Waals surface area contributed by atoms with Crippen LogP contribution in [0.3, 0.4) is 0 Å². The van der Waals surface area contributed by atoms with E-state index in [9.17, 15) is 9.36 Å². The maximum absolute atomic E-state index is 16.1. The highest BCUT2D eigenvalue weighted by Crippen LogP contribution is 2.50. The van der Waals surface area contributed by atoms with Crippen molar-refractivity contribution in [2.45, 2.75) is 75.7 Å². The van der Waals surface area contributed by atoms with Crippen molar-refractivity contribution in [2.24, 2.45) is 0 Å². The van der Waals surface area contributed by atoms with Crippen molar-refractivity contribution >= 4 is 21.9 Å². The molecule has 1 aromatic carbocycles. The zero-order valence-corrected chi connectivity index (χ0v) is 25.1. The number of hydrogen-bond donors (Lipinski definition) is 2. The summed E-state index contributed by atoms with van der Waals surface area (Å²) in [6, 6.07) is 9.26. The molecule has 1 unspecified atom stereocenters. The highest BCUT2D eigenvalue weighted by atomic mass is 31.2. The number of para-hydroxylation sites is 1. The van der Waals surface area contributed by atoms with E-state index in [0.29, 0.717) is 17.6 Å². The quantitative estimate of drug-likeness (QED) is 0.299. The molecule has 3 heterocycles. The Morgan fingerprint density at radius 1 is 1.25 bits per heavy atom. The lowest BCUT2D eigenvalue weighted by atomic mass is 10.1. The molecule has 15 heteroatoms. The number of ether oxygens (including phenoxy) is 2. The zero-order chi connectivity index (χ0) is 29.3. The Morgan fingerprint density at radius 3 is 2.55 bits per heavy atom. The van der Waals surface area contributed by atoms with Crippen LogP contribution in [-0.4, -0.2) is 61.9 Å². The Hall–Kier alpha value is -2.19. The molecule has 2 saturated heterocycles. The normalized spacial score (nSPS) is 26.5. The fraction of sp³-hybridized carbons (Fsp3) is 0.600. The molecule has 0 saturated carbocycles. The lowest BCUT2D eigenvalue weighted by Crippen LogP contribution is -2.52. The molecule has 0 radical (unpaired) electrons. The molecule has 3 N–H and O–H groups in total. The Labute approximate surface area is 233 Å². The second kappa shape index (κ2) is 11.6. The van der Waals surface area contributed by atoms with Gasteiger partial charge in [0.05, 0.1) is 13.2 Å². The lowest BCUT2D eigenvalue weighted by molar-refractivity contribution is -0.138. The number of nitrogens with zero attached hydrogens (tertiary/aromatic N) is 2. The number of nitrogens with one attached hydrogen (secondary N) is 1. The third-order valence-electron chi connectivity index (χ3n) is 7.33. The minimum atomic E-state index is -4.10. The molecular weight excluding hydrogens is 565 g/mol. The van der Waals surface area contributed by atoms with Gasteiger partial charge in [-0.25, -0.2) is 14.4 Å². The van der Waals surface area contributed by atoms with Gasteiger partial charge in [-0.1, -0.05) is 39.0 Å². The van der Waals surface area contributed by atoms with Crippen LogP contribution in [0, 0.1) is 0 Å². The molecule has 2 aromatic rings. The Kier molecular flexibility index (Phi) is 8.91. The monoisotopic (exact) mass is 602 g/mol. The van der Waals surface area contributed by atoms with E-state index in [1.807, 2.05) is 33.9 Å². The largest absolute Gasteiger partial charge is 0.459 e. The standard InChI is InChI=1S/C25H37F2N4O7PSi/c1-24(2,3)40(4,5)38-21-19(36-22(25(21,26)27)31-13-11-20(28)29-23(31)32)16-35-39(33,30-17-12-14-34-15-17)37-18-9-7-6-8-10-18/h6-11,13,17,19,21-22H,12,14-16H2,1-5H3,(H,30,33)(H2,28,29,32)/t17-,19+,21+,22+,39?/m0/s1. The first-order valence-corrected chi connectivity index (χ1v) is 17.5. The molecule has 5 atom stereocenters. The number of hydrogen-bond acceptors (Lipinski definition) is 9. The smallest absolute Gasteiger partial charge is 0.413 e. The number of benzene rings is 1. The molecule has 0 amide bonds. The number of alkyl halides is 2. The number of halogens is 2. The number of anilines is 1. The topological polar surface area (TPSA) is 136 Å². The van der Waals surface area contributed by atoms with Gasteiger partial charge in [-0.3, -0.25) is 9.09 Å². The van der Waals surface area contributed by atoms with E-state index < -0.39 is 57.8 Å². The van der Waals surface area contributed by atoms with Crippen molar-refractivity contribution in [3.05, 3.63) is 53.1 Å². The summed E-state index contributed by atoms with van der Waals surface area (Å²) in [6.07, 6.45) is -3.62. The Morgan fingerprint density at radius 2 is 1.95 bits per heavy atom. The zero-order valence-electron chi connectivity index (χ0n) is 23.2. The fourth-order valence-corrected chi connectivity index (χ4v) is 6.96. The van der Waals surface area contributed by atoms with Crippen LogP contribution in [0.5, 0.6) is 5.75 Å². The highest BCUT2D eigenvalue weighted by Gasteiger charge is 2.63. The van der Waals surface area contributed by atoms with Crippen LogP contribution >= 0.6 is 7.75 Å². The van der Waals surface area contributed by atoms with Gasteiger partial charge in [-0.05, 0) is 42.8 Å². The van der Waals surface area contributed by atoms with Gasteiger partial charge >= 0.3 is 19.4 Å². The molecule has 0 aliphatic carbocycles. The van der Waals surface area contributed by atoms with E-state index in [-0.39, 0.29) is 24.2 Å². The number of aromatic nitrogens is 2. The Balaban J connectivity index is 1.64. The molecule has 4 rings (SSSR count). The third-order valence-corrected chi connectivity index (χ3v) is 13.4. The first kappa shape index (κ1) is 30.8. The Bertz CT molecular complexity index is 1270. The molecule has 0 bridgehead atoms. The molecule has 11 nitrogen and oxygen atoms in total.